The van der Waals surface area contributed by atoms with Crippen LogP contribution < -0.4 is 9.64 Å². The lowest BCUT2D eigenvalue weighted by molar-refractivity contribution is 0.0996. The number of nitrogens with zero attached hydrogens (tertiary/aromatic N) is 1. The molecule has 0 heterocycles. The fourth-order valence-corrected chi connectivity index (χ4v) is 2.04. The van der Waals surface area contributed by atoms with E-state index in [1.54, 1.807) is 24.1 Å². The molecule has 0 aliphatic heterocycles. The van der Waals surface area contributed by atoms with Gasteiger partial charge in [-0.1, -0.05) is 12.1 Å². The molecule has 0 aromatic heterocycles. The summed E-state index contributed by atoms with van der Waals surface area (Å²) in [6, 6.07) is 10.0. The van der Waals surface area contributed by atoms with E-state index in [-0.39, 0.29) is 12.1 Å². The van der Waals surface area contributed by atoms with Gasteiger partial charge in [0.1, 0.15) is 17.4 Å². The molecule has 3 nitrogen and oxygen atoms in total. The molecular formula is C16H15F2NO2. The van der Waals surface area contributed by atoms with Gasteiger partial charge in [0, 0.05) is 7.05 Å². The Morgan fingerprint density at radius 2 is 1.90 bits per heavy atom. The molecule has 0 N–H and O–H groups in total. The lowest BCUT2D eigenvalue weighted by atomic mass is 10.1. The first-order chi connectivity index (χ1) is 10.0. The van der Waals surface area contributed by atoms with Crippen LogP contribution in [0.5, 0.6) is 5.75 Å². The Balaban J connectivity index is 2.21. The van der Waals surface area contributed by atoms with Gasteiger partial charge in [-0.3, -0.25) is 4.79 Å². The molecule has 0 radical (unpaired) electrons. The van der Waals surface area contributed by atoms with E-state index in [1.807, 2.05) is 12.1 Å². The number of rotatable bonds is 5. The average Bonchev–Trinajstić information content (AvgIpc) is 2.49. The van der Waals surface area contributed by atoms with Gasteiger partial charge in [0.2, 0.25) is 0 Å². The number of ketones is 1. The highest BCUT2D eigenvalue weighted by atomic mass is 19.1. The number of halogens is 2. The van der Waals surface area contributed by atoms with E-state index in [1.165, 1.54) is 7.11 Å². The zero-order valence-electron chi connectivity index (χ0n) is 11.8. The number of carbonyl (C=O) groups is 1. The molecule has 110 valence electrons. The van der Waals surface area contributed by atoms with Crippen molar-refractivity contribution in [2.75, 3.05) is 25.6 Å². The first kappa shape index (κ1) is 15.0. The van der Waals surface area contributed by atoms with E-state index >= 15 is 0 Å². The van der Waals surface area contributed by atoms with Crippen LogP contribution in [0.25, 0.3) is 0 Å². The first-order valence-corrected chi connectivity index (χ1v) is 6.35. The van der Waals surface area contributed by atoms with Crippen molar-refractivity contribution in [3.63, 3.8) is 0 Å². The van der Waals surface area contributed by atoms with Crippen LogP contribution in [0.15, 0.2) is 42.5 Å². The summed E-state index contributed by atoms with van der Waals surface area (Å²) in [6.07, 6.45) is 0. The summed E-state index contributed by atoms with van der Waals surface area (Å²) in [5.74, 6) is -1.26. The number of likely N-dealkylation sites (N-methyl/N-ethyl adjacent to an activating group) is 1. The molecule has 0 aliphatic carbocycles. The predicted molar refractivity (Wildman–Crippen MR) is 77.0 cm³/mol. The van der Waals surface area contributed by atoms with E-state index in [0.29, 0.717) is 11.4 Å². The summed E-state index contributed by atoms with van der Waals surface area (Å²) < 4.78 is 31.9. The smallest absolute Gasteiger partial charge is 0.185 e. The van der Waals surface area contributed by atoms with Gasteiger partial charge in [0.15, 0.2) is 5.78 Å². The highest BCUT2D eigenvalue weighted by molar-refractivity contribution is 5.99. The molecule has 21 heavy (non-hydrogen) atoms. The van der Waals surface area contributed by atoms with Crippen molar-refractivity contribution in [2.45, 2.75) is 0 Å². The first-order valence-electron chi connectivity index (χ1n) is 6.35. The Hall–Kier alpha value is -2.43. The van der Waals surface area contributed by atoms with Crippen molar-refractivity contribution >= 4 is 11.5 Å². The number of hydrogen-bond donors (Lipinski definition) is 0. The maximum Gasteiger partial charge on any atom is 0.185 e. The number of anilines is 1. The molecule has 2 aromatic rings. The van der Waals surface area contributed by atoms with Crippen LogP contribution in [0.4, 0.5) is 14.5 Å². The zero-order valence-corrected chi connectivity index (χ0v) is 11.8. The van der Waals surface area contributed by atoms with Gasteiger partial charge in [-0.25, -0.2) is 8.78 Å². The second-order valence-corrected chi connectivity index (χ2v) is 4.58. The molecule has 2 rings (SSSR count). The highest BCUT2D eigenvalue weighted by Gasteiger charge is 2.16. The van der Waals surface area contributed by atoms with Gasteiger partial charge >= 0.3 is 0 Å². The molecule has 5 heteroatoms. The fourth-order valence-electron chi connectivity index (χ4n) is 2.04. The fraction of sp³-hybridized carbons (Fsp3) is 0.188. The van der Waals surface area contributed by atoms with Crippen LogP contribution in [-0.4, -0.2) is 26.5 Å². The molecule has 2 aromatic carbocycles. The maximum absolute atomic E-state index is 13.6. The highest BCUT2D eigenvalue weighted by Crippen LogP contribution is 2.26. The lowest BCUT2D eigenvalue weighted by Crippen LogP contribution is -2.26. The maximum atomic E-state index is 13.6. The second-order valence-electron chi connectivity index (χ2n) is 4.58. The topological polar surface area (TPSA) is 29.5 Å². The summed E-state index contributed by atoms with van der Waals surface area (Å²) in [4.78, 5) is 13.7. The molecule has 0 saturated heterocycles. The summed E-state index contributed by atoms with van der Waals surface area (Å²) >= 11 is 0. The number of benzene rings is 2. The van der Waals surface area contributed by atoms with E-state index < -0.39 is 17.4 Å². The van der Waals surface area contributed by atoms with E-state index in [4.69, 9.17) is 4.74 Å². The van der Waals surface area contributed by atoms with Crippen LogP contribution >= 0.6 is 0 Å². The molecule has 0 saturated carbocycles. The minimum atomic E-state index is -0.727. The number of hydrogen-bond acceptors (Lipinski definition) is 3. The quantitative estimate of drug-likeness (QED) is 0.792. The van der Waals surface area contributed by atoms with Crippen LogP contribution in [0, 0.1) is 11.6 Å². The minimum Gasteiger partial charge on any atom is -0.495 e. The number of ether oxygens (including phenoxy) is 1. The normalized spacial score (nSPS) is 10.3. The van der Waals surface area contributed by atoms with Crippen molar-refractivity contribution in [3.05, 3.63) is 59.7 Å². The van der Waals surface area contributed by atoms with E-state index in [9.17, 15) is 13.6 Å². The monoisotopic (exact) mass is 291 g/mol. The Morgan fingerprint density at radius 3 is 2.62 bits per heavy atom. The number of para-hydroxylation sites is 2. The summed E-state index contributed by atoms with van der Waals surface area (Å²) in [7, 11) is 3.22. The van der Waals surface area contributed by atoms with Crippen molar-refractivity contribution in [2.24, 2.45) is 0 Å². The minimum absolute atomic E-state index is 0.0826. The van der Waals surface area contributed by atoms with Gasteiger partial charge in [0.25, 0.3) is 0 Å². The standard InChI is InChI=1S/C16H15F2NO2/c1-19(14-5-3-4-6-16(14)21-2)10-15(20)12-9-11(17)7-8-13(12)18/h3-9H,10H2,1-2H3. The van der Waals surface area contributed by atoms with Crippen LogP contribution in [0.2, 0.25) is 0 Å². The Morgan fingerprint density at radius 1 is 1.19 bits per heavy atom. The number of methoxy groups -OCH3 is 1. The third kappa shape index (κ3) is 3.37. The molecule has 0 aliphatic rings. The SMILES string of the molecule is COc1ccccc1N(C)CC(=O)c1cc(F)ccc1F. The van der Waals surface area contributed by atoms with Crippen molar-refractivity contribution in [3.8, 4) is 5.75 Å². The van der Waals surface area contributed by atoms with Crippen molar-refractivity contribution < 1.29 is 18.3 Å². The van der Waals surface area contributed by atoms with Gasteiger partial charge in [-0.15, -0.1) is 0 Å². The van der Waals surface area contributed by atoms with E-state index in [0.717, 1.165) is 18.2 Å². The Kier molecular flexibility index (Phi) is 4.52. The van der Waals surface area contributed by atoms with Gasteiger partial charge in [-0.05, 0) is 30.3 Å². The summed E-state index contributed by atoms with van der Waals surface area (Å²) in [5.41, 5.74) is 0.446. The van der Waals surface area contributed by atoms with Crippen LogP contribution in [0.1, 0.15) is 10.4 Å². The van der Waals surface area contributed by atoms with Gasteiger partial charge in [-0.2, -0.15) is 0 Å². The molecule has 0 unspecified atom stereocenters. The molecule has 0 amide bonds. The molecule has 0 fully saturated rings. The van der Waals surface area contributed by atoms with Crippen LogP contribution in [-0.2, 0) is 0 Å². The van der Waals surface area contributed by atoms with Crippen molar-refractivity contribution in [1.29, 1.82) is 0 Å². The van der Waals surface area contributed by atoms with Crippen LogP contribution in [0.3, 0.4) is 0 Å². The third-order valence-electron chi connectivity index (χ3n) is 3.11. The summed E-state index contributed by atoms with van der Waals surface area (Å²) in [6.45, 7) is -0.0826. The van der Waals surface area contributed by atoms with Gasteiger partial charge in [0.05, 0.1) is 24.9 Å². The molecule has 0 spiro atoms. The Bertz CT molecular complexity index is 658. The lowest BCUT2D eigenvalue weighted by Gasteiger charge is -2.21. The third-order valence-corrected chi connectivity index (χ3v) is 3.11. The Labute approximate surface area is 121 Å². The van der Waals surface area contributed by atoms with Crippen molar-refractivity contribution in [1.82, 2.24) is 0 Å². The summed E-state index contributed by atoms with van der Waals surface area (Å²) in [5, 5.41) is 0. The van der Waals surface area contributed by atoms with Gasteiger partial charge < -0.3 is 9.64 Å². The zero-order chi connectivity index (χ0) is 15.4. The second kappa shape index (κ2) is 6.35. The largest absolute Gasteiger partial charge is 0.495 e. The van der Waals surface area contributed by atoms with E-state index in [2.05, 4.69) is 0 Å². The predicted octanol–water partition coefficient (Wildman–Crippen LogP) is 3.29. The number of carbonyl (C=O) groups excluding carboxylic acids is 1. The molecule has 0 bridgehead atoms. The number of Topliss-reactive ketones (excluding diaryl/α,β-unsaturated/α-hetero) is 1. The molecule has 0 atom stereocenters. The average molecular weight is 291 g/mol. The molecular weight excluding hydrogens is 276 g/mol.